The summed E-state index contributed by atoms with van der Waals surface area (Å²) < 4.78 is 6.27. The van der Waals surface area contributed by atoms with Crippen molar-refractivity contribution >= 4 is 11.9 Å². The minimum absolute atomic E-state index is 0.0637. The van der Waals surface area contributed by atoms with Crippen molar-refractivity contribution in [2.24, 2.45) is 5.73 Å². The van der Waals surface area contributed by atoms with Gasteiger partial charge in [0, 0.05) is 18.3 Å². The average molecular weight is 441 g/mol. The van der Waals surface area contributed by atoms with Crippen LogP contribution < -0.4 is 11.5 Å². The fourth-order valence-corrected chi connectivity index (χ4v) is 3.18. The van der Waals surface area contributed by atoms with Crippen molar-refractivity contribution in [2.45, 2.75) is 13.1 Å². The van der Waals surface area contributed by atoms with Gasteiger partial charge < -0.3 is 16.2 Å². The molecule has 0 unspecified atom stereocenters. The number of rotatable bonds is 6. The summed E-state index contributed by atoms with van der Waals surface area (Å²) in [7, 11) is 1.32. The highest BCUT2D eigenvalue weighted by Crippen LogP contribution is 2.25. The molecule has 11 nitrogen and oxygen atoms in total. The number of nitrogen functional groups attached to an aromatic ring is 1. The maximum Gasteiger partial charge on any atom is 0.339 e. The topological polar surface area (TPSA) is 172 Å². The fraction of sp³-hybridized carbons (Fsp3) is 0.136. The number of benzene rings is 1. The van der Waals surface area contributed by atoms with Crippen molar-refractivity contribution in [3.05, 3.63) is 71.2 Å². The van der Waals surface area contributed by atoms with Gasteiger partial charge >= 0.3 is 5.97 Å². The number of anilines is 1. The molecule has 0 saturated heterocycles. The monoisotopic (exact) mass is 441 g/mol. The number of pyridine rings is 1. The zero-order chi connectivity index (χ0) is 23.4. The summed E-state index contributed by atoms with van der Waals surface area (Å²) in [5, 5.41) is 17.6. The molecule has 0 aliphatic heterocycles. The minimum atomic E-state index is -0.451. The summed E-state index contributed by atoms with van der Waals surface area (Å²) in [5.74, 6) is -0.387. The molecule has 4 aromatic rings. The minimum Gasteiger partial charge on any atom is -0.465 e. The van der Waals surface area contributed by atoms with Crippen molar-refractivity contribution in [1.29, 1.82) is 5.26 Å². The molecule has 0 saturated carbocycles. The van der Waals surface area contributed by atoms with Gasteiger partial charge in [0.15, 0.2) is 0 Å². The number of nitrogens with two attached hydrogens (primary N) is 2. The maximum absolute atomic E-state index is 11.5. The SMILES string of the molecule is COC(=O)c1ccc(Cn2cc(-c3cc(-c4cc(C#N)cc(CN)c4)nc(N)n3)nn2)nc1. The predicted molar refractivity (Wildman–Crippen MR) is 118 cm³/mol. The molecule has 4 N–H and O–H groups in total. The first-order valence-electron chi connectivity index (χ1n) is 9.82. The van der Waals surface area contributed by atoms with Gasteiger partial charge in [-0.3, -0.25) is 4.98 Å². The van der Waals surface area contributed by atoms with E-state index in [2.05, 4.69) is 36.1 Å². The fourth-order valence-electron chi connectivity index (χ4n) is 3.18. The van der Waals surface area contributed by atoms with Gasteiger partial charge in [0.1, 0.15) is 5.69 Å². The highest BCUT2D eigenvalue weighted by Gasteiger charge is 2.13. The van der Waals surface area contributed by atoms with Gasteiger partial charge in [0.25, 0.3) is 0 Å². The molecular formula is C22H19N9O2. The van der Waals surface area contributed by atoms with Gasteiger partial charge in [-0.15, -0.1) is 5.10 Å². The molecular weight excluding hydrogens is 422 g/mol. The number of hydrogen-bond donors (Lipinski definition) is 2. The first-order chi connectivity index (χ1) is 16.0. The molecule has 1 aromatic carbocycles. The van der Waals surface area contributed by atoms with Gasteiger partial charge in [0.2, 0.25) is 5.95 Å². The molecule has 0 amide bonds. The number of nitrogens with zero attached hydrogens (tertiary/aromatic N) is 7. The Bertz CT molecular complexity index is 1360. The van der Waals surface area contributed by atoms with Gasteiger partial charge in [-0.1, -0.05) is 5.21 Å². The number of ether oxygens (including phenoxy) is 1. The number of esters is 1. The van der Waals surface area contributed by atoms with Crippen LogP contribution >= 0.6 is 0 Å². The van der Waals surface area contributed by atoms with Crippen LogP contribution in [0.3, 0.4) is 0 Å². The summed E-state index contributed by atoms with van der Waals surface area (Å²) in [4.78, 5) is 24.4. The van der Waals surface area contributed by atoms with Gasteiger partial charge in [0.05, 0.1) is 54.1 Å². The van der Waals surface area contributed by atoms with E-state index in [9.17, 15) is 10.1 Å². The molecule has 164 valence electrons. The maximum atomic E-state index is 11.5. The standard InChI is InChI=1S/C22H19N9O2/c1-33-21(32)15-2-3-17(26-10-15)11-31-12-20(29-30-31)19-7-18(27-22(25)28-19)16-5-13(8-23)4-14(6-16)9-24/h2-7,10,12H,8,11,23H2,1H3,(H2,25,27,28). The number of methoxy groups -OCH3 is 1. The molecule has 0 radical (unpaired) electrons. The van der Waals surface area contributed by atoms with Crippen LogP contribution in [0, 0.1) is 11.3 Å². The summed E-state index contributed by atoms with van der Waals surface area (Å²) >= 11 is 0. The van der Waals surface area contributed by atoms with E-state index < -0.39 is 5.97 Å². The van der Waals surface area contributed by atoms with Crippen LogP contribution in [0.25, 0.3) is 22.6 Å². The highest BCUT2D eigenvalue weighted by atomic mass is 16.5. The van der Waals surface area contributed by atoms with Crippen molar-refractivity contribution in [3.8, 4) is 28.7 Å². The lowest BCUT2D eigenvalue weighted by atomic mass is 10.0. The van der Waals surface area contributed by atoms with E-state index in [4.69, 9.17) is 11.5 Å². The first kappa shape index (κ1) is 21.5. The van der Waals surface area contributed by atoms with Crippen LogP contribution in [0.15, 0.2) is 48.8 Å². The van der Waals surface area contributed by atoms with E-state index in [0.717, 1.165) is 5.56 Å². The summed E-state index contributed by atoms with van der Waals surface area (Å²) in [6, 6.07) is 12.5. The summed E-state index contributed by atoms with van der Waals surface area (Å²) in [6.45, 7) is 0.630. The Morgan fingerprint density at radius 1 is 1.15 bits per heavy atom. The summed E-state index contributed by atoms with van der Waals surface area (Å²) in [6.07, 6.45) is 3.15. The molecule has 11 heteroatoms. The Labute approximate surface area is 188 Å². The van der Waals surface area contributed by atoms with Crippen LogP contribution in [0.1, 0.15) is 27.2 Å². The number of carbonyl (C=O) groups is 1. The van der Waals surface area contributed by atoms with Crippen molar-refractivity contribution in [2.75, 3.05) is 12.8 Å². The quantitative estimate of drug-likeness (QED) is 0.418. The van der Waals surface area contributed by atoms with Crippen LogP contribution in [0.4, 0.5) is 5.95 Å². The largest absolute Gasteiger partial charge is 0.465 e. The zero-order valence-corrected chi connectivity index (χ0v) is 17.6. The molecule has 0 atom stereocenters. The number of carbonyl (C=O) groups excluding carboxylic acids is 1. The molecule has 3 heterocycles. The van der Waals surface area contributed by atoms with Crippen LogP contribution in [-0.4, -0.2) is 43.0 Å². The summed E-state index contributed by atoms with van der Waals surface area (Å²) in [5.41, 5.74) is 16.2. The average Bonchev–Trinajstić information content (AvgIpc) is 3.31. The lowest BCUT2D eigenvalue weighted by Gasteiger charge is -2.07. The smallest absolute Gasteiger partial charge is 0.339 e. The second-order valence-electron chi connectivity index (χ2n) is 7.06. The molecule has 0 bridgehead atoms. The van der Waals surface area contributed by atoms with Crippen molar-refractivity contribution in [3.63, 3.8) is 0 Å². The van der Waals surface area contributed by atoms with Gasteiger partial charge in [-0.25, -0.2) is 19.4 Å². The van der Waals surface area contributed by atoms with Gasteiger partial charge in [-0.2, -0.15) is 5.26 Å². The second kappa shape index (κ2) is 9.21. The molecule has 0 aliphatic rings. The van der Waals surface area contributed by atoms with Crippen LogP contribution in [0.2, 0.25) is 0 Å². The Morgan fingerprint density at radius 3 is 2.67 bits per heavy atom. The lowest BCUT2D eigenvalue weighted by molar-refractivity contribution is 0.0600. The second-order valence-corrected chi connectivity index (χ2v) is 7.06. The molecule has 0 spiro atoms. The Kier molecular flexibility index (Phi) is 6.01. The first-order valence-corrected chi connectivity index (χ1v) is 9.82. The van der Waals surface area contributed by atoms with Gasteiger partial charge in [-0.05, 0) is 42.0 Å². The predicted octanol–water partition coefficient (Wildman–Crippen LogP) is 1.54. The third-order valence-corrected chi connectivity index (χ3v) is 4.77. The molecule has 4 rings (SSSR count). The van der Waals surface area contributed by atoms with E-state index in [1.54, 1.807) is 41.2 Å². The van der Waals surface area contributed by atoms with Crippen molar-refractivity contribution in [1.82, 2.24) is 29.9 Å². The molecule has 0 fully saturated rings. The third-order valence-electron chi connectivity index (χ3n) is 4.77. The normalized spacial score (nSPS) is 10.6. The van der Waals surface area contributed by atoms with Crippen LogP contribution in [-0.2, 0) is 17.8 Å². The number of hydrogen-bond acceptors (Lipinski definition) is 10. The molecule has 33 heavy (non-hydrogen) atoms. The van der Waals surface area contributed by atoms with Crippen LogP contribution in [0.5, 0.6) is 0 Å². The zero-order valence-electron chi connectivity index (χ0n) is 17.6. The highest BCUT2D eigenvalue weighted by molar-refractivity contribution is 5.88. The number of nitriles is 1. The molecule has 3 aromatic heterocycles. The van der Waals surface area contributed by atoms with E-state index >= 15 is 0 Å². The number of aromatic nitrogens is 6. The Hall–Kier alpha value is -4.69. The Balaban J connectivity index is 1.61. The van der Waals surface area contributed by atoms with E-state index in [1.807, 2.05) is 6.07 Å². The van der Waals surface area contributed by atoms with E-state index in [0.29, 0.717) is 52.6 Å². The third kappa shape index (κ3) is 4.81. The lowest BCUT2D eigenvalue weighted by Crippen LogP contribution is -2.05. The van der Waals surface area contributed by atoms with E-state index in [-0.39, 0.29) is 5.95 Å². The Morgan fingerprint density at radius 2 is 1.97 bits per heavy atom. The van der Waals surface area contributed by atoms with Crippen molar-refractivity contribution < 1.29 is 9.53 Å². The molecule has 0 aliphatic carbocycles. The van der Waals surface area contributed by atoms with E-state index in [1.165, 1.54) is 13.3 Å².